The highest BCUT2D eigenvalue weighted by Crippen LogP contribution is 2.20. The second-order valence-corrected chi connectivity index (χ2v) is 3.63. The highest BCUT2D eigenvalue weighted by molar-refractivity contribution is 6.44. The molecular weight excluding hydrogens is 226 g/mol. The van der Waals surface area contributed by atoms with E-state index in [2.05, 4.69) is 5.43 Å². The van der Waals surface area contributed by atoms with Crippen molar-refractivity contribution in [2.45, 2.75) is 13.0 Å². The number of Topliss-reactive ketones (excluding diaryl/α,β-unsaturated/α-hetero) is 1. The Kier molecular flexibility index (Phi) is 2.60. The molecule has 0 radical (unpaired) electrons. The molecule has 1 unspecified atom stereocenters. The summed E-state index contributed by atoms with van der Waals surface area (Å²) in [5.74, 6) is -1.19. The molecule has 0 bridgehead atoms. The molecule has 88 valence electrons. The first-order valence-corrected chi connectivity index (χ1v) is 4.89. The van der Waals surface area contributed by atoms with Gasteiger partial charge in [0, 0.05) is 12.1 Å². The summed E-state index contributed by atoms with van der Waals surface area (Å²) in [6.07, 6.45) is 0. The van der Waals surface area contributed by atoms with E-state index < -0.39 is 22.7 Å². The van der Waals surface area contributed by atoms with Crippen LogP contribution in [0.2, 0.25) is 0 Å². The highest BCUT2D eigenvalue weighted by atomic mass is 16.6. The van der Waals surface area contributed by atoms with E-state index in [0.29, 0.717) is 5.69 Å². The van der Waals surface area contributed by atoms with Gasteiger partial charge >= 0.3 is 5.91 Å². The summed E-state index contributed by atoms with van der Waals surface area (Å²) < 4.78 is 0. The number of rotatable bonds is 2. The Bertz CT molecular complexity index is 497. The van der Waals surface area contributed by atoms with Crippen molar-refractivity contribution in [2.24, 2.45) is 0 Å². The van der Waals surface area contributed by atoms with Gasteiger partial charge < -0.3 is 0 Å². The van der Waals surface area contributed by atoms with Crippen molar-refractivity contribution in [2.75, 3.05) is 5.01 Å². The van der Waals surface area contributed by atoms with E-state index in [0.717, 1.165) is 5.01 Å². The fraction of sp³-hybridized carbons (Fsp3) is 0.200. The van der Waals surface area contributed by atoms with Gasteiger partial charge in [0.25, 0.3) is 5.69 Å². The number of hydrogen-bond donors (Lipinski definition) is 1. The summed E-state index contributed by atoms with van der Waals surface area (Å²) in [4.78, 5) is 32.7. The van der Waals surface area contributed by atoms with Gasteiger partial charge in [0.1, 0.15) is 0 Å². The van der Waals surface area contributed by atoms with E-state index in [1.807, 2.05) is 0 Å². The first kappa shape index (κ1) is 11.2. The number of hydrazine groups is 1. The molecule has 7 heteroatoms. The molecule has 0 aromatic heterocycles. The standard InChI is InChI=1S/C10H9N3O4/c1-6-9(14)10(15)12(11-6)7-2-4-8(5-3-7)13(16)17/h2-6,11H,1H3. The van der Waals surface area contributed by atoms with E-state index in [9.17, 15) is 19.7 Å². The topological polar surface area (TPSA) is 92.5 Å². The van der Waals surface area contributed by atoms with Gasteiger partial charge in [0.05, 0.1) is 16.7 Å². The summed E-state index contributed by atoms with van der Waals surface area (Å²) in [6.45, 7) is 1.58. The minimum atomic E-state index is -0.661. The Labute approximate surface area is 96.1 Å². The van der Waals surface area contributed by atoms with E-state index in [1.54, 1.807) is 6.92 Å². The van der Waals surface area contributed by atoms with E-state index in [1.165, 1.54) is 24.3 Å². The zero-order chi connectivity index (χ0) is 12.6. The maximum absolute atomic E-state index is 11.5. The SMILES string of the molecule is CC1NN(c2ccc([N+](=O)[O-])cc2)C(=O)C1=O. The minimum absolute atomic E-state index is 0.0697. The van der Waals surface area contributed by atoms with Crippen LogP contribution in [0.3, 0.4) is 0 Å². The van der Waals surface area contributed by atoms with Crippen LogP contribution in [0.4, 0.5) is 11.4 Å². The maximum Gasteiger partial charge on any atom is 0.310 e. The van der Waals surface area contributed by atoms with E-state index >= 15 is 0 Å². The fourth-order valence-corrected chi connectivity index (χ4v) is 1.52. The molecule has 1 atom stereocenters. The Hall–Kier alpha value is -2.28. The fourth-order valence-electron chi connectivity index (χ4n) is 1.52. The molecule has 0 aliphatic carbocycles. The number of ketones is 1. The van der Waals surface area contributed by atoms with E-state index in [-0.39, 0.29) is 5.69 Å². The first-order valence-electron chi connectivity index (χ1n) is 4.89. The molecule has 0 saturated carbocycles. The van der Waals surface area contributed by atoms with Gasteiger partial charge in [-0.05, 0) is 19.1 Å². The Balaban J connectivity index is 2.27. The number of nitrogens with one attached hydrogen (secondary N) is 1. The number of nitrogens with zero attached hydrogens (tertiary/aromatic N) is 2. The van der Waals surface area contributed by atoms with Gasteiger partial charge in [-0.3, -0.25) is 19.7 Å². The molecule has 1 aliphatic heterocycles. The van der Waals surface area contributed by atoms with Crippen LogP contribution in [-0.2, 0) is 9.59 Å². The second kappa shape index (κ2) is 3.95. The van der Waals surface area contributed by atoms with Gasteiger partial charge in [-0.25, -0.2) is 10.4 Å². The molecule has 7 nitrogen and oxygen atoms in total. The lowest BCUT2D eigenvalue weighted by atomic mass is 10.2. The number of amides is 1. The maximum atomic E-state index is 11.5. The molecule has 1 saturated heterocycles. The lowest BCUT2D eigenvalue weighted by molar-refractivity contribution is -0.384. The minimum Gasteiger partial charge on any atom is -0.287 e. The average molecular weight is 235 g/mol. The predicted molar refractivity (Wildman–Crippen MR) is 58.2 cm³/mol. The third-order valence-electron chi connectivity index (χ3n) is 2.45. The number of carbonyl (C=O) groups excluding carboxylic acids is 2. The number of benzene rings is 1. The number of anilines is 1. The van der Waals surface area contributed by atoms with Crippen molar-refractivity contribution in [1.82, 2.24) is 5.43 Å². The van der Waals surface area contributed by atoms with Gasteiger partial charge in [0.2, 0.25) is 5.78 Å². The lowest BCUT2D eigenvalue weighted by Gasteiger charge is -2.15. The number of hydrogen-bond acceptors (Lipinski definition) is 5. The molecule has 0 spiro atoms. The van der Waals surface area contributed by atoms with Crippen molar-refractivity contribution in [3.8, 4) is 0 Å². The zero-order valence-electron chi connectivity index (χ0n) is 8.91. The Morgan fingerprint density at radius 1 is 1.29 bits per heavy atom. The van der Waals surface area contributed by atoms with Crippen LogP contribution in [0.25, 0.3) is 0 Å². The van der Waals surface area contributed by atoms with Crippen molar-refractivity contribution >= 4 is 23.1 Å². The molecule has 1 N–H and O–H groups in total. The van der Waals surface area contributed by atoms with Gasteiger partial charge in [0.15, 0.2) is 0 Å². The van der Waals surface area contributed by atoms with E-state index in [4.69, 9.17) is 0 Å². The van der Waals surface area contributed by atoms with Crippen molar-refractivity contribution in [1.29, 1.82) is 0 Å². The molecule has 1 aromatic rings. The molecule has 17 heavy (non-hydrogen) atoms. The number of nitro benzene ring substituents is 1. The third-order valence-corrected chi connectivity index (χ3v) is 2.45. The van der Waals surface area contributed by atoms with Gasteiger partial charge in [-0.15, -0.1) is 0 Å². The zero-order valence-corrected chi connectivity index (χ0v) is 8.91. The van der Waals surface area contributed by atoms with Crippen LogP contribution < -0.4 is 10.4 Å². The van der Waals surface area contributed by atoms with Crippen LogP contribution in [0.15, 0.2) is 24.3 Å². The number of nitro groups is 1. The van der Waals surface area contributed by atoms with Crippen molar-refractivity contribution < 1.29 is 14.5 Å². The van der Waals surface area contributed by atoms with Crippen LogP contribution >= 0.6 is 0 Å². The molecule has 1 aliphatic rings. The number of non-ortho nitro benzene ring substituents is 1. The van der Waals surface area contributed by atoms with Crippen molar-refractivity contribution in [3.63, 3.8) is 0 Å². The summed E-state index contributed by atoms with van der Waals surface area (Å²) in [5, 5.41) is 11.6. The monoisotopic (exact) mass is 235 g/mol. The quantitative estimate of drug-likeness (QED) is 0.455. The molecule has 1 aromatic carbocycles. The summed E-state index contributed by atoms with van der Waals surface area (Å²) in [7, 11) is 0. The number of carbonyl (C=O) groups is 2. The summed E-state index contributed by atoms with van der Waals surface area (Å²) in [5.41, 5.74) is 3.01. The first-order chi connectivity index (χ1) is 8.00. The van der Waals surface area contributed by atoms with Crippen LogP contribution in [0.1, 0.15) is 6.92 Å². The third kappa shape index (κ3) is 1.87. The lowest BCUT2D eigenvalue weighted by Crippen LogP contribution is -2.36. The Morgan fingerprint density at radius 3 is 2.29 bits per heavy atom. The smallest absolute Gasteiger partial charge is 0.287 e. The molecule has 1 fully saturated rings. The largest absolute Gasteiger partial charge is 0.310 e. The normalized spacial score (nSPS) is 19.8. The van der Waals surface area contributed by atoms with Crippen LogP contribution in [0, 0.1) is 10.1 Å². The van der Waals surface area contributed by atoms with Crippen LogP contribution in [0.5, 0.6) is 0 Å². The molecule has 2 rings (SSSR count). The van der Waals surface area contributed by atoms with Crippen molar-refractivity contribution in [3.05, 3.63) is 34.4 Å². The molecule has 1 amide bonds. The summed E-state index contributed by atoms with van der Waals surface area (Å²) in [6, 6.07) is 4.80. The van der Waals surface area contributed by atoms with Crippen LogP contribution in [-0.4, -0.2) is 22.7 Å². The average Bonchev–Trinajstić information content (AvgIpc) is 2.57. The molecule has 1 heterocycles. The summed E-state index contributed by atoms with van der Waals surface area (Å²) >= 11 is 0. The molecular formula is C10H9N3O4. The predicted octanol–water partition coefficient (Wildman–Crippen LogP) is 0.404. The van der Waals surface area contributed by atoms with Gasteiger partial charge in [-0.1, -0.05) is 0 Å². The Morgan fingerprint density at radius 2 is 1.88 bits per heavy atom. The van der Waals surface area contributed by atoms with Gasteiger partial charge in [-0.2, -0.15) is 0 Å². The highest BCUT2D eigenvalue weighted by Gasteiger charge is 2.36. The second-order valence-electron chi connectivity index (χ2n) is 3.63.